The predicted octanol–water partition coefficient (Wildman–Crippen LogP) is 1.93. The van der Waals surface area contributed by atoms with E-state index in [0.717, 1.165) is 11.2 Å². The van der Waals surface area contributed by atoms with E-state index in [9.17, 15) is 5.21 Å². The zero-order valence-electron chi connectivity index (χ0n) is 7.29. The number of hydrogen-bond donors (Lipinski definition) is 1. The molecule has 13 heavy (non-hydrogen) atoms. The van der Waals surface area contributed by atoms with Crippen molar-refractivity contribution in [3.8, 4) is 0 Å². The quantitative estimate of drug-likeness (QED) is 0.615. The van der Waals surface area contributed by atoms with Crippen molar-refractivity contribution in [1.29, 1.82) is 0 Å². The third-order valence-electron chi connectivity index (χ3n) is 1.59. The molecule has 74 valence electrons. The maximum absolute atomic E-state index is 11.2. The van der Waals surface area contributed by atoms with Gasteiger partial charge in [0.25, 0.3) is 5.82 Å². The number of aromatic nitrogens is 1. The molecular weight excluding hydrogens is 211 g/mol. The molecule has 0 bridgehead atoms. The molecule has 0 unspecified atom stereocenters. The van der Waals surface area contributed by atoms with Crippen molar-refractivity contribution in [2.75, 3.05) is 5.73 Å². The van der Waals surface area contributed by atoms with E-state index in [1.807, 2.05) is 6.92 Å². The lowest BCUT2D eigenvalue weighted by atomic mass is 10.2. The number of pyridine rings is 1. The summed E-state index contributed by atoms with van der Waals surface area (Å²) in [5.41, 5.74) is 6.05. The van der Waals surface area contributed by atoms with Crippen LogP contribution in [0.4, 0.5) is 5.82 Å². The molecule has 0 saturated carbocycles. The lowest BCUT2D eigenvalue weighted by Crippen LogP contribution is -2.35. The fraction of sp³-hybridized carbons (Fsp3) is 0.375. The van der Waals surface area contributed by atoms with Gasteiger partial charge in [0.2, 0.25) is 0 Å². The maximum Gasteiger partial charge on any atom is 0.277 e. The number of nitrogens with zero attached hydrogens (tertiary/aromatic N) is 1. The number of anilines is 1. The number of aryl methyl sites for hydroxylation is 1. The second-order valence-electron chi connectivity index (χ2n) is 2.63. The molecular formula is C8H12Cl2N2O. The molecule has 0 aliphatic carbocycles. The average molecular weight is 223 g/mol. The van der Waals surface area contributed by atoms with Gasteiger partial charge in [-0.15, -0.1) is 12.4 Å². The van der Waals surface area contributed by atoms with Crippen LogP contribution in [0.3, 0.4) is 0 Å². The van der Waals surface area contributed by atoms with E-state index in [2.05, 4.69) is 0 Å². The minimum atomic E-state index is 0. The molecule has 0 amide bonds. The van der Waals surface area contributed by atoms with E-state index in [0.29, 0.717) is 17.1 Å². The number of hydrogen-bond acceptors (Lipinski definition) is 2. The van der Waals surface area contributed by atoms with Crippen molar-refractivity contribution in [3.63, 3.8) is 0 Å². The molecule has 0 atom stereocenters. The van der Waals surface area contributed by atoms with Crippen LogP contribution in [0.1, 0.15) is 19.0 Å². The minimum Gasteiger partial charge on any atom is -0.710 e. The minimum absolute atomic E-state index is 0. The molecule has 0 fully saturated rings. The molecule has 1 rings (SSSR count). The van der Waals surface area contributed by atoms with Crippen LogP contribution in [0.2, 0.25) is 5.02 Å². The van der Waals surface area contributed by atoms with E-state index in [-0.39, 0.29) is 18.2 Å². The van der Waals surface area contributed by atoms with Crippen molar-refractivity contribution < 1.29 is 4.73 Å². The second-order valence-corrected chi connectivity index (χ2v) is 3.07. The summed E-state index contributed by atoms with van der Waals surface area (Å²) < 4.78 is 0.718. The van der Waals surface area contributed by atoms with E-state index in [1.54, 1.807) is 6.07 Å². The van der Waals surface area contributed by atoms with E-state index < -0.39 is 0 Å². The first-order valence-corrected chi connectivity index (χ1v) is 4.20. The number of nitrogens with two attached hydrogens (primary N) is 1. The molecule has 3 nitrogen and oxygen atoms in total. The first kappa shape index (κ1) is 12.3. The standard InChI is InChI=1S/C8H11ClN2O.ClH/c1-2-3-7-4-6(9)5-8(10)11(7)12;/h4-5H,2-3,10H2,1H3;1H. The highest BCUT2D eigenvalue weighted by Crippen LogP contribution is 2.12. The molecule has 0 aliphatic rings. The summed E-state index contributed by atoms with van der Waals surface area (Å²) in [5.74, 6) is 0.158. The average Bonchev–Trinajstić information content (AvgIpc) is 2.00. The summed E-state index contributed by atoms with van der Waals surface area (Å²) >= 11 is 5.73. The van der Waals surface area contributed by atoms with Crippen LogP contribution in [0.25, 0.3) is 0 Å². The lowest BCUT2D eigenvalue weighted by molar-refractivity contribution is -0.598. The van der Waals surface area contributed by atoms with Gasteiger partial charge in [-0.2, -0.15) is 0 Å². The van der Waals surface area contributed by atoms with Crippen LogP contribution in [-0.2, 0) is 6.42 Å². The Kier molecular flexibility index (Phi) is 4.88. The number of rotatable bonds is 2. The van der Waals surface area contributed by atoms with Gasteiger partial charge in [-0.1, -0.05) is 18.5 Å². The predicted molar refractivity (Wildman–Crippen MR) is 56.1 cm³/mol. The van der Waals surface area contributed by atoms with Crippen molar-refractivity contribution in [2.24, 2.45) is 0 Å². The van der Waals surface area contributed by atoms with E-state index in [4.69, 9.17) is 17.3 Å². The Hall–Kier alpha value is -0.670. The van der Waals surface area contributed by atoms with Gasteiger partial charge in [0, 0.05) is 12.5 Å². The molecule has 0 spiro atoms. The summed E-state index contributed by atoms with van der Waals surface area (Å²) in [6.07, 6.45) is 1.61. The van der Waals surface area contributed by atoms with Crippen LogP contribution < -0.4 is 10.5 Å². The lowest BCUT2D eigenvalue weighted by Gasteiger charge is -2.10. The molecule has 0 radical (unpaired) electrons. The monoisotopic (exact) mass is 222 g/mol. The maximum atomic E-state index is 11.2. The Morgan fingerprint density at radius 2 is 2.15 bits per heavy atom. The molecule has 0 aromatic carbocycles. The van der Waals surface area contributed by atoms with Crippen LogP contribution >= 0.6 is 24.0 Å². The third-order valence-corrected chi connectivity index (χ3v) is 1.81. The number of halogens is 2. The van der Waals surface area contributed by atoms with Gasteiger partial charge in [-0.25, -0.2) is 4.73 Å². The van der Waals surface area contributed by atoms with Crippen LogP contribution in [0.15, 0.2) is 12.1 Å². The molecule has 1 aromatic heterocycles. The Bertz CT molecular complexity index is 292. The van der Waals surface area contributed by atoms with Gasteiger partial charge >= 0.3 is 0 Å². The molecule has 5 heteroatoms. The van der Waals surface area contributed by atoms with Gasteiger partial charge in [-0.3, -0.25) is 5.73 Å². The zero-order valence-corrected chi connectivity index (χ0v) is 8.86. The summed E-state index contributed by atoms with van der Waals surface area (Å²) in [5, 5.41) is 11.8. The van der Waals surface area contributed by atoms with Gasteiger partial charge in [0.1, 0.15) is 5.69 Å². The van der Waals surface area contributed by atoms with Crippen LogP contribution in [0, 0.1) is 5.21 Å². The second kappa shape index (κ2) is 5.14. The largest absolute Gasteiger partial charge is 0.710 e. The molecule has 1 heterocycles. The highest BCUT2D eigenvalue weighted by Gasteiger charge is 2.05. The molecule has 1 aromatic rings. The summed E-state index contributed by atoms with van der Waals surface area (Å²) in [6, 6.07) is 3.10. The van der Waals surface area contributed by atoms with Crippen LogP contribution in [0.5, 0.6) is 0 Å². The fourth-order valence-electron chi connectivity index (χ4n) is 1.06. The molecule has 0 aliphatic heterocycles. The van der Waals surface area contributed by atoms with Gasteiger partial charge < -0.3 is 5.21 Å². The van der Waals surface area contributed by atoms with E-state index in [1.165, 1.54) is 6.07 Å². The van der Waals surface area contributed by atoms with Crippen molar-refractivity contribution in [2.45, 2.75) is 19.8 Å². The summed E-state index contributed by atoms with van der Waals surface area (Å²) in [6.45, 7) is 2.00. The van der Waals surface area contributed by atoms with Crippen LogP contribution in [-0.4, -0.2) is 0 Å². The van der Waals surface area contributed by atoms with Gasteiger partial charge in [-0.05, 0) is 12.5 Å². The number of nitrogen functional groups attached to an aromatic ring is 1. The van der Waals surface area contributed by atoms with Gasteiger partial charge in [0.15, 0.2) is 0 Å². The van der Waals surface area contributed by atoms with Gasteiger partial charge in [0.05, 0.1) is 5.02 Å². The Morgan fingerprint density at radius 1 is 1.54 bits per heavy atom. The summed E-state index contributed by atoms with van der Waals surface area (Å²) in [7, 11) is 0. The zero-order chi connectivity index (χ0) is 9.14. The first-order chi connectivity index (χ1) is 5.65. The third kappa shape index (κ3) is 2.94. The Labute approximate surface area is 88.5 Å². The Morgan fingerprint density at radius 3 is 2.69 bits per heavy atom. The highest BCUT2D eigenvalue weighted by atomic mass is 35.5. The SMILES string of the molecule is CCCc1cc(Cl)cc(N)[n+]1[O-].Cl. The first-order valence-electron chi connectivity index (χ1n) is 3.82. The molecule has 0 saturated heterocycles. The topological polar surface area (TPSA) is 53.0 Å². The fourth-order valence-corrected chi connectivity index (χ4v) is 1.29. The highest BCUT2D eigenvalue weighted by molar-refractivity contribution is 6.30. The smallest absolute Gasteiger partial charge is 0.277 e. The van der Waals surface area contributed by atoms with Crippen molar-refractivity contribution in [1.82, 2.24) is 0 Å². The normalized spacial score (nSPS) is 9.38. The van der Waals surface area contributed by atoms with Crippen molar-refractivity contribution in [3.05, 3.63) is 28.1 Å². The molecule has 2 N–H and O–H groups in total. The Balaban J connectivity index is 0.00000144. The van der Waals surface area contributed by atoms with E-state index >= 15 is 0 Å². The summed E-state index contributed by atoms with van der Waals surface area (Å²) in [4.78, 5) is 0. The van der Waals surface area contributed by atoms with Crippen molar-refractivity contribution >= 4 is 29.8 Å².